The molecule has 1 atom stereocenters. The molecular formula is C14H18ClN3. The van der Waals surface area contributed by atoms with Crippen molar-refractivity contribution in [1.82, 2.24) is 9.78 Å². The number of hydrogen-bond acceptors (Lipinski definition) is 2. The summed E-state index contributed by atoms with van der Waals surface area (Å²) in [5.41, 5.74) is 8.27. The summed E-state index contributed by atoms with van der Waals surface area (Å²) in [6, 6.07) is 7.76. The number of benzene rings is 1. The van der Waals surface area contributed by atoms with Gasteiger partial charge in [0, 0.05) is 23.8 Å². The molecule has 0 fully saturated rings. The van der Waals surface area contributed by atoms with Crippen molar-refractivity contribution in [2.45, 2.75) is 25.3 Å². The lowest BCUT2D eigenvalue weighted by molar-refractivity contribution is 0.453. The van der Waals surface area contributed by atoms with Gasteiger partial charge >= 0.3 is 0 Å². The molecule has 2 aromatic rings. The predicted molar refractivity (Wildman–Crippen MR) is 74.5 cm³/mol. The van der Waals surface area contributed by atoms with Crippen LogP contribution in [0.25, 0.3) is 0 Å². The van der Waals surface area contributed by atoms with Crippen molar-refractivity contribution in [2.24, 2.45) is 12.8 Å². The van der Waals surface area contributed by atoms with Crippen molar-refractivity contribution in [2.75, 3.05) is 0 Å². The summed E-state index contributed by atoms with van der Waals surface area (Å²) in [6.45, 7) is 2.04. The molecule has 4 heteroatoms. The quantitative estimate of drug-likeness (QED) is 0.922. The van der Waals surface area contributed by atoms with E-state index < -0.39 is 0 Å². The molecule has 0 aliphatic rings. The zero-order valence-electron chi connectivity index (χ0n) is 10.7. The molecule has 2 N–H and O–H groups in total. The van der Waals surface area contributed by atoms with Gasteiger partial charge in [0.1, 0.15) is 0 Å². The molecule has 1 unspecified atom stereocenters. The molecule has 0 amide bonds. The third-order valence-electron chi connectivity index (χ3n) is 3.18. The Labute approximate surface area is 113 Å². The maximum absolute atomic E-state index is 6.38. The van der Waals surface area contributed by atoms with E-state index in [2.05, 4.69) is 5.10 Å². The van der Waals surface area contributed by atoms with Crippen LogP contribution in [0.15, 0.2) is 36.7 Å². The summed E-state index contributed by atoms with van der Waals surface area (Å²) < 4.78 is 1.81. The second kappa shape index (κ2) is 5.12. The Morgan fingerprint density at radius 1 is 1.44 bits per heavy atom. The van der Waals surface area contributed by atoms with Crippen molar-refractivity contribution in [3.8, 4) is 0 Å². The molecule has 0 aliphatic heterocycles. The smallest absolute Gasteiger partial charge is 0.0521 e. The van der Waals surface area contributed by atoms with Gasteiger partial charge in [0.2, 0.25) is 0 Å². The van der Waals surface area contributed by atoms with E-state index in [1.54, 1.807) is 0 Å². The molecule has 0 bridgehead atoms. The van der Waals surface area contributed by atoms with E-state index in [0.29, 0.717) is 0 Å². The van der Waals surface area contributed by atoms with Gasteiger partial charge in [0.15, 0.2) is 0 Å². The standard InChI is InChI=1S/C14H18ClN3/c1-14(16,12-4-3-5-13(15)8-12)7-6-11-9-17-18(2)10-11/h3-5,8-10H,6-7,16H2,1-2H3. The van der Waals surface area contributed by atoms with Gasteiger partial charge in [-0.25, -0.2) is 0 Å². The fraction of sp³-hybridized carbons (Fsp3) is 0.357. The van der Waals surface area contributed by atoms with Gasteiger partial charge in [0.25, 0.3) is 0 Å². The first-order valence-corrected chi connectivity index (χ1v) is 6.38. The lowest BCUT2D eigenvalue weighted by atomic mass is 9.87. The highest BCUT2D eigenvalue weighted by Gasteiger charge is 2.21. The van der Waals surface area contributed by atoms with Crippen LogP contribution in [0, 0.1) is 0 Å². The van der Waals surface area contributed by atoms with Crippen molar-refractivity contribution >= 4 is 11.6 Å². The van der Waals surface area contributed by atoms with E-state index in [9.17, 15) is 0 Å². The van der Waals surface area contributed by atoms with Crippen molar-refractivity contribution in [1.29, 1.82) is 0 Å². The van der Waals surface area contributed by atoms with Gasteiger partial charge in [-0.2, -0.15) is 5.10 Å². The van der Waals surface area contributed by atoms with Crippen LogP contribution in [0.5, 0.6) is 0 Å². The second-order valence-electron chi connectivity index (χ2n) is 4.95. The molecule has 0 radical (unpaired) electrons. The lowest BCUT2D eigenvalue weighted by Crippen LogP contribution is -2.33. The van der Waals surface area contributed by atoms with E-state index in [1.807, 2.05) is 55.3 Å². The normalized spacial score (nSPS) is 14.4. The molecule has 0 saturated heterocycles. The van der Waals surface area contributed by atoms with Crippen molar-refractivity contribution in [3.63, 3.8) is 0 Å². The molecule has 0 saturated carbocycles. The van der Waals surface area contributed by atoms with Gasteiger partial charge in [-0.15, -0.1) is 0 Å². The minimum atomic E-state index is -0.374. The predicted octanol–water partition coefficient (Wildman–Crippen LogP) is 2.88. The Kier molecular flexibility index (Phi) is 3.73. The number of aromatic nitrogens is 2. The summed E-state index contributed by atoms with van der Waals surface area (Å²) in [6.07, 6.45) is 5.68. The molecule has 18 heavy (non-hydrogen) atoms. The molecule has 96 valence electrons. The third kappa shape index (κ3) is 3.12. The molecule has 2 rings (SSSR count). The Morgan fingerprint density at radius 3 is 2.83 bits per heavy atom. The molecule has 1 aromatic carbocycles. The molecule has 1 aromatic heterocycles. The summed E-state index contributed by atoms with van der Waals surface area (Å²) in [5, 5.41) is 4.89. The summed E-state index contributed by atoms with van der Waals surface area (Å²) >= 11 is 6.00. The van der Waals surface area contributed by atoms with E-state index in [-0.39, 0.29) is 5.54 Å². The van der Waals surface area contributed by atoms with E-state index in [0.717, 1.165) is 23.4 Å². The van der Waals surface area contributed by atoms with Crippen LogP contribution >= 0.6 is 11.6 Å². The lowest BCUT2D eigenvalue weighted by Gasteiger charge is -2.25. The van der Waals surface area contributed by atoms with Gasteiger partial charge < -0.3 is 5.73 Å². The molecule has 3 nitrogen and oxygen atoms in total. The SMILES string of the molecule is Cn1cc(CCC(C)(N)c2cccc(Cl)c2)cn1. The maximum atomic E-state index is 6.38. The average Bonchev–Trinajstić information content (AvgIpc) is 2.73. The average molecular weight is 264 g/mol. The van der Waals surface area contributed by atoms with Gasteiger partial charge in [-0.05, 0) is 43.0 Å². The minimum absolute atomic E-state index is 0.374. The van der Waals surface area contributed by atoms with Crippen LogP contribution in [0.3, 0.4) is 0 Å². The Balaban J connectivity index is 2.07. The Hall–Kier alpha value is -1.32. The van der Waals surface area contributed by atoms with E-state index >= 15 is 0 Å². The zero-order valence-corrected chi connectivity index (χ0v) is 11.5. The van der Waals surface area contributed by atoms with E-state index in [4.69, 9.17) is 17.3 Å². The van der Waals surface area contributed by atoms with Crippen molar-refractivity contribution in [3.05, 3.63) is 52.8 Å². The first-order chi connectivity index (χ1) is 8.47. The number of nitrogens with two attached hydrogens (primary N) is 1. The monoisotopic (exact) mass is 263 g/mol. The van der Waals surface area contributed by atoms with E-state index in [1.165, 1.54) is 5.56 Å². The number of hydrogen-bond donors (Lipinski definition) is 1. The van der Waals surface area contributed by atoms with Crippen LogP contribution in [0.2, 0.25) is 5.02 Å². The first kappa shape index (κ1) is 13.1. The van der Waals surface area contributed by atoms with Crippen LogP contribution in [0.4, 0.5) is 0 Å². The summed E-state index contributed by atoms with van der Waals surface area (Å²) in [5.74, 6) is 0. The maximum Gasteiger partial charge on any atom is 0.0521 e. The minimum Gasteiger partial charge on any atom is -0.322 e. The topological polar surface area (TPSA) is 43.8 Å². The molecule has 1 heterocycles. The third-order valence-corrected chi connectivity index (χ3v) is 3.41. The van der Waals surface area contributed by atoms with Crippen molar-refractivity contribution < 1.29 is 0 Å². The molecular weight excluding hydrogens is 246 g/mol. The molecule has 0 spiro atoms. The van der Waals surface area contributed by atoms with Crippen LogP contribution in [-0.2, 0) is 19.0 Å². The van der Waals surface area contributed by atoms with Gasteiger partial charge in [0.05, 0.1) is 6.20 Å². The highest BCUT2D eigenvalue weighted by atomic mass is 35.5. The number of rotatable bonds is 4. The number of aryl methyl sites for hydroxylation is 2. The highest BCUT2D eigenvalue weighted by Crippen LogP contribution is 2.25. The first-order valence-electron chi connectivity index (χ1n) is 6.00. The van der Waals surface area contributed by atoms with Crippen LogP contribution in [0.1, 0.15) is 24.5 Å². The zero-order chi connectivity index (χ0) is 13.2. The van der Waals surface area contributed by atoms with Crippen LogP contribution in [-0.4, -0.2) is 9.78 Å². The Bertz CT molecular complexity index is 531. The molecule has 0 aliphatic carbocycles. The highest BCUT2D eigenvalue weighted by molar-refractivity contribution is 6.30. The summed E-state index contributed by atoms with van der Waals surface area (Å²) in [4.78, 5) is 0. The van der Waals surface area contributed by atoms with Gasteiger partial charge in [-0.1, -0.05) is 23.7 Å². The van der Waals surface area contributed by atoms with Crippen LogP contribution < -0.4 is 5.73 Å². The Morgan fingerprint density at radius 2 is 2.22 bits per heavy atom. The fourth-order valence-corrected chi connectivity index (χ4v) is 2.18. The number of nitrogens with zero attached hydrogens (tertiary/aromatic N) is 2. The fourth-order valence-electron chi connectivity index (χ4n) is 1.99. The summed E-state index contributed by atoms with van der Waals surface area (Å²) in [7, 11) is 1.92. The largest absolute Gasteiger partial charge is 0.322 e. The second-order valence-corrected chi connectivity index (χ2v) is 5.39. The van der Waals surface area contributed by atoms with Gasteiger partial charge in [-0.3, -0.25) is 4.68 Å². The number of halogens is 1.